The molecule has 1 aromatic heterocycles. The Morgan fingerprint density at radius 3 is 2.55 bits per heavy atom. The average Bonchev–Trinajstić information content (AvgIpc) is 2.74. The molecule has 5 nitrogen and oxygen atoms in total. The molecular weight excluding hydrogens is 298 g/mol. The van der Waals surface area contributed by atoms with Crippen LogP contribution in [0.4, 0.5) is 5.13 Å². The number of carbonyl (C=O) groups excluding carboxylic acids is 1. The van der Waals surface area contributed by atoms with Gasteiger partial charge in [-0.15, -0.1) is 0 Å². The maximum atomic E-state index is 11.6. The highest BCUT2D eigenvalue weighted by Gasteiger charge is 2.40. The number of thiazole rings is 1. The number of rotatable bonds is 5. The van der Waals surface area contributed by atoms with Crippen LogP contribution in [-0.4, -0.2) is 56.2 Å². The first-order chi connectivity index (χ1) is 9.39. The average molecular weight is 318 g/mol. The monoisotopic (exact) mass is 317 g/mol. The van der Waals surface area contributed by atoms with Gasteiger partial charge in [-0.2, -0.15) is 0 Å². The van der Waals surface area contributed by atoms with E-state index in [4.69, 9.17) is 16.3 Å². The van der Waals surface area contributed by atoms with Gasteiger partial charge in [0.25, 0.3) is 0 Å². The van der Waals surface area contributed by atoms with Gasteiger partial charge in [-0.05, 0) is 33.4 Å². The van der Waals surface area contributed by atoms with Gasteiger partial charge in [-0.25, -0.2) is 9.78 Å². The van der Waals surface area contributed by atoms with E-state index >= 15 is 0 Å². The van der Waals surface area contributed by atoms with Crippen LogP contribution in [0.25, 0.3) is 0 Å². The second-order valence-electron chi connectivity index (χ2n) is 5.44. The van der Waals surface area contributed by atoms with Crippen LogP contribution < -0.4 is 4.90 Å². The lowest BCUT2D eigenvalue weighted by Gasteiger charge is -2.49. The molecule has 0 radical (unpaired) electrons. The van der Waals surface area contributed by atoms with E-state index < -0.39 is 5.97 Å². The number of hydrogen-bond donors (Lipinski definition) is 0. The van der Waals surface area contributed by atoms with Crippen LogP contribution in [0.15, 0.2) is 0 Å². The first-order valence-corrected chi connectivity index (χ1v) is 7.72. The van der Waals surface area contributed by atoms with Gasteiger partial charge in [0.2, 0.25) is 0 Å². The van der Waals surface area contributed by atoms with Crippen molar-refractivity contribution in [2.45, 2.75) is 24.8 Å². The maximum Gasteiger partial charge on any atom is 0.351 e. The van der Waals surface area contributed by atoms with E-state index in [9.17, 15) is 4.79 Å². The second kappa shape index (κ2) is 5.87. The van der Waals surface area contributed by atoms with E-state index in [-0.39, 0.29) is 10.7 Å². The molecule has 7 heteroatoms. The number of nitrogens with zero attached hydrogens (tertiary/aromatic N) is 3. The van der Waals surface area contributed by atoms with E-state index in [1.54, 1.807) is 0 Å². The van der Waals surface area contributed by atoms with E-state index in [1.807, 2.05) is 7.05 Å². The van der Waals surface area contributed by atoms with Gasteiger partial charge in [-0.3, -0.25) is 0 Å². The summed E-state index contributed by atoms with van der Waals surface area (Å²) in [6.45, 7) is 0.879. The van der Waals surface area contributed by atoms with Gasteiger partial charge < -0.3 is 14.5 Å². The number of hydrogen-bond acceptors (Lipinski definition) is 6. The van der Waals surface area contributed by atoms with Crippen molar-refractivity contribution in [3.63, 3.8) is 0 Å². The number of anilines is 1. The SMILES string of the molecule is COC(=O)c1sc(N(C)CC2(N(C)C)CCC2)nc1Cl. The summed E-state index contributed by atoms with van der Waals surface area (Å²) >= 11 is 7.28. The minimum atomic E-state index is -0.432. The number of likely N-dealkylation sites (N-methyl/N-ethyl adjacent to an activating group) is 2. The quantitative estimate of drug-likeness (QED) is 0.781. The first-order valence-electron chi connectivity index (χ1n) is 6.53. The summed E-state index contributed by atoms with van der Waals surface area (Å²) < 4.78 is 4.70. The Bertz CT molecular complexity index is 500. The standard InChI is InChI=1S/C13H20ClN3O2S/c1-16(2)13(6-5-7-13)8-17(3)12-15-10(14)9(20-12)11(18)19-4/h5-8H2,1-4H3. The van der Waals surface area contributed by atoms with Gasteiger partial charge in [0.05, 0.1) is 7.11 Å². The summed E-state index contributed by atoms with van der Waals surface area (Å²) in [4.78, 5) is 20.6. The van der Waals surface area contributed by atoms with Crippen LogP contribution in [-0.2, 0) is 4.74 Å². The molecule has 0 saturated heterocycles. The van der Waals surface area contributed by atoms with Crippen molar-refractivity contribution in [3.8, 4) is 0 Å². The fourth-order valence-electron chi connectivity index (χ4n) is 2.51. The normalized spacial score (nSPS) is 16.9. The van der Waals surface area contributed by atoms with E-state index in [1.165, 1.54) is 37.7 Å². The third-order valence-electron chi connectivity index (χ3n) is 4.04. The highest BCUT2D eigenvalue weighted by molar-refractivity contribution is 7.18. The third kappa shape index (κ3) is 2.77. The number of methoxy groups -OCH3 is 1. The smallest absolute Gasteiger partial charge is 0.351 e. The van der Waals surface area contributed by atoms with Crippen molar-refractivity contribution in [1.29, 1.82) is 0 Å². The molecule has 1 heterocycles. The Hall–Kier alpha value is -0.850. The van der Waals surface area contributed by atoms with E-state index in [2.05, 4.69) is 28.9 Å². The molecule has 1 aliphatic rings. The summed E-state index contributed by atoms with van der Waals surface area (Å²) in [6, 6.07) is 0. The number of carbonyl (C=O) groups is 1. The lowest BCUT2D eigenvalue weighted by Crippen LogP contribution is -2.56. The Morgan fingerprint density at radius 2 is 2.10 bits per heavy atom. The predicted molar refractivity (Wildman–Crippen MR) is 82.0 cm³/mol. The van der Waals surface area contributed by atoms with Crippen LogP contribution in [0.5, 0.6) is 0 Å². The molecule has 112 valence electrons. The van der Waals surface area contributed by atoms with Gasteiger partial charge in [-0.1, -0.05) is 22.9 Å². The van der Waals surface area contributed by atoms with Crippen molar-refractivity contribution < 1.29 is 9.53 Å². The van der Waals surface area contributed by atoms with Crippen LogP contribution in [0.3, 0.4) is 0 Å². The lowest BCUT2D eigenvalue weighted by atomic mass is 9.75. The third-order valence-corrected chi connectivity index (χ3v) is 5.57. The van der Waals surface area contributed by atoms with Crippen LogP contribution >= 0.6 is 22.9 Å². The molecule has 0 amide bonds. The molecule has 0 atom stereocenters. The highest BCUT2D eigenvalue weighted by Crippen LogP contribution is 2.38. The molecule has 0 unspecified atom stereocenters. The largest absolute Gasteiger partial charge is 0.465 e. The predicted octanol–water partition coefficient (Wildman–Crippen LogP) is 2.50. The molecule has 0 bridgehead atoms. The zero-order chi connectivity index (χ0) is 14.9. The Kier molecular flexibility index (Phi) is 4.56. The Balaban J connectivity index is 2.13. The van der Waals surface area contributed by atoms with Crippen molar-refractivity contribution in [2.75, 3.05) is 39.7 Å². The van der Waals surface area contributed by atoms with Crippen molar-refractivity contribution >= 4 is 34.0 Å². The molecule has 0 spiro atoms. The summed E-state index contributed by atoms with van der Waals surface area (Å²) in [5, 5.41) is 0.972. The van der Waals surface area contributed by atoms with Crippen LogP contribution in [0.2, 0.25) is 5.15 Å². The van der Waals surface area contributed by atoms with Crippen molar-refractivity contribution in [3.05, 3.63) is 10.0 Å². The molecule has 1 saturated carbocycles. The van der Waals surface area contributed by atoms with Gasteiger partial charge in [0.15, 0.2) is 15.2 Å². The fourth-order valence-corrected chi connectivity index (χ4v) is 3.67. The van der Waals surface area contributed by atoms with Crippen molar-refractivity contribution in [1.82, 2.24) is 9.88 Å². The fraction of sp³-hybridized carbons (Fsp3) is 0.692. The molecule has 0 aliphatic heterocycles. The number of halogens is 1. The summed E-state index contributed by atoms with van der Waals surface area (Å²) in [7, 11) is 7.56. The first kappa shape index (κ1) is 15.5. The lowest BCUT2D eigenvalue weighted by molar-refractivity contribution is 0.0606. The zero-order valence-electron chi connectivity index (χ0n) is 12.3. The number of ether oxygens (including phenoxy) is 1. The Labute approximate surface area is 128 Å². The molecule has 2 rings (SSSR count). The van der Waals surface area contributed by atoms with Crippen LogP contribution in [0, 0.1) is 0 Å². The second-order valence-corrected chi connectivity index (χ2v) is 6.77. The molecule has 0 aromatic carbocycles. The maximum absolute atomic E-state index is 11.6. The molecule has 0 N–H and O–H groups in total. The zero-order valence-corrected chi connectivity index (χ0v) is 13.8. The molecule has 20 heavy (non-hydrogen) atoms. The Morgan fingerprint density at radius 1 is 1.45 bits per heavy atom. The summed E-state index contributed by atoms with van der Waals surface area (Å²) in [6.07, 6.45) is 3.64. The minimum absolute atomic E-state index is 0.207. The van der Waals surface area contributed by atoms with Crippen LogP contribution in [0.1, 0.15) is 28.9 Å². The number of aromatic nitrogens is 1. The van der Waals surface area contributed by atoms with Gasteiger partial charge in [0, 0.05) is 19.1 Å². The summed E-state index contributed by atoms with van der Waals surface area (Å²) in [5.74, 6) is -0.432. The molecular formula is C13H20ClN3O2S. The van der Waals surface area contributed by atoms with Gasteiger partial charge >= 0.3 is 5.97 Å². The minimum Gasteiger partial charge on any atom is -0.465 e. The summed E-state index contributed by atoms with van der Waals surface area (Å²) in [5.41, 5.74) is 0.207. The van der Waals surface area contributed by atoms with E-state index in [0.717, 1.165) is 11.7 Å². The molecule has 1 aliphatic carbocycles. The van der Waals surface area contributed by atoms with Gasteiger partial charge in [0.1, 0.15) is 0 Å². The topological polar surface area (TPSA) is 45.7 Å². The molecule has 1 fully saturated rings. The number of esters is 1. The highest BCUT2D eigenvalue weighted by atomic mass is 35.5. The van der Waals surface area contributed by atoms with Crippen molar-refractivity contribution in [2.24, 2.45) is 0 Å². The molecule has 1 aromatic rings. The van der Waals surface area contributed by atoms with E-state index in [0.29, 0.717) is 4.88 Å².